The molecule has 1 unspecified atom stereocenters. The molecular weight excluding hydrogens is 238 g/mol. The summed E-state index contributed by atoms with van der Waals surface area (Å²) < 4.78 is 28.4. The highest BCUT2D eigenvalue weighted by molar-refractivity contribution is 5.21. The molecule has 1 atom stereocenters. The fourth-order valence-electron chi connectivity index (χ4n) is 1.67. The topological polar surface area (TPSA) is 42.7 Å². The molecule has 1 aromatic heterocycles. The van der Waals surface area contributed by atoms with Gasteiger partial charge in [0.15, 0.2) is 0 Å². The SMILES string of the molecule is CC(NCc1nncn1C)c1cc(F)ccc1F. The Balaban J connectivity index is 2.06. The fourth-order valence-corrected chi connectivity index (χ4v) is 1.67. The van der Waals surface area contributed by atoms with Gasteiger partial charge < -0.3 is 9.88 Å². The number of halogens is 2. The first-order chi connectivity index (χ1) is 8.58. The van der Waals surface area contributed by atoms with Crippen LogP contribution in [-0.2, 0) is 13.6 Å². The van der Waals surface area contributed by atoms with Gasteiger partial charge in [0, 0.05) is 18.7 Å². The first kappa shape index (κ1) is 12.6. The fraction of sp³-hybridized carbons (Fsp3) is 0.333. The average molecular weight is 252 g/mol. The molecule has 0 saturated heterocycles. The summed E-state index contributed by atoms with van der Waals surface area (Å²) in [6.45, 7) is 2.21. The summed E-state index contributed by atoms with van der Waals surface area (Å²) in [6.07, 6.45) is 1.59. The highest BCUT2D eigenvalue weighted by atomic mass is 19.1. The van der Waals surface area contributed by atoms with Crippen molar-refractivity contribution < 1.29 is 8.78 Å². The van der Waals surface area contributed by atoms with E-state index in [0.717, 1.165) is 18.0 Å². The Kier molecular flexibility index (Phi) is 3.66. The summed E-state index contributed by atoms with van der Waals surface area (Å²) in [5.41, 5.74) is 0.303. The maximum absolute atomic E-state index is 13.5. The van der Waals surface area contributed by atoms with Gasteiger partial charge in [0.25, 0.3) is 0 Å². The molecule has 0 aliphatic heterocycles. The molecule has 0 fully saturated rings. The van der Waals surface area contributed by atoms with Crippen LogP contribution in [0.2, 0.25) is 0 Å². The van der Waals surface area contributed by atoms with Crippen LogP contribution in [0, 0.1) is 11.6 Å². The van der Waals surface area contributed by atoms with Crippen LogP contribution in [0.25, 0.3) is 0 Å². The number of rotatable bonds is 4. The Morgan fingerprint density at radius 3 is 2.83 bits per heavy atom. The Hall–Kier alpha value is -1.82. The molecule has 0 aliphatic rings. The quantitative estimate of drug-likeness (QED) is 0.904. The minimum absolute atomic E-state index is 0.303. The summed E-state index contributed by atoms with van der Waals surface area (Å²) in [5, 5.41) is 10.7. The molecule has 1 heterocycles. The van der Waals surface area contributed by atoms with Gasteiger partial charge in [-0.25, -0.2) is 8.78 Å². The van der Waals surface area contributed by atoms with Gasteiger partial charge in [-0.3, -0.25) is 0 Å². The lowest BCUT2D eigenvalue weighted by Crippen LogP contribution is -2.21. The summed E-state index contributed by atoms with van der Waals surface area (Å²) in [7, 11) is 1.82. The van der Waals surface area contributed by atoms with E-state index in [1.165, 1.54) is 6.07 Å². The molecule has 0 saturated carbocycles. The molecule has 0 spiro atoms. The standard InChI is InChI=1S/C12H14F2N4/c1-8(10-5-9(13)3-4-11(10)14)15-6-12-17-16-7-18(12)2/h3-5,7-8,15H,6H2,1-2H3. The van der Waals surface area contributed by atoms with Crippen LogP contribution in [0.3, 0.4) is 0 Å². The summed E-state index contributed by atoms with van der Waals surface area (Å²) in [4.78, 5) is 0. The molecule has 0 bridgehead atoms. The summed E-state index contributed by atoms with van der Waals surface area (Å²) in [5.74, 6) is -0.133. The second-order valence-electron chi connectivity index (χ2n) is 4.13. The van der Waals surface area contributed by atoms with Crippen LogP contribution in [-0.4, -0.2) is 14.8 Å². The van der Waals surface area contributed by atoms with E-state index < -0.39 is 11.6 Å². The van der Waals surface area contributed by atoms with E-state index in [-0.39, 0.29) is 6.04 Å². The normalized spacial score (nSPS) is 12.7. The smallest absolute Gasteiger partial charge is 0.146 e. The van der Waals surface area contributed by atoms with Crippen molar-refractivity contribution in [2.45, 2.75) is 19.5 Å². The van der Waals surface area contributed by atoms with Gasteiger partial charge in [-0.15, -0.1) is 10.2 Å². The lowest BCUT2D eigenvalue weighted by molar-refractivity contribution is 0.506. The predicted octanol–water partition coefficient (Wildman–Crippen LogP) is 1.94. The van der Waals surface area contributed by atoms with Gasteiger partial charge in [0.2, 0.25) is 0 Å². The number of nitrogens with zero attached hydrogens (tertiary/aromatic N) is 3. The molecule has 96 valence electrons. The highest BCUT2D eigenvalue weighted by Crippen LogP contribution is 2.18. The van der Waals surface area contributed by atoms with E-state index in [2.05, 4.69) is 15.5 Å². The van der Waals surface area contributed by atoms with E-state index >= 15 is 0 Å². The van der Waals surface area contributed by atoms with Crippen LogP contribution in [0.1, 0.15) is 24.4 Å². The van der Waals surface area contributed by atoms with Crippen LogP contribution in [0.5, 0.6) is 0 Å². The molecular formula is C12H14F2N4. The Labute approximate surface area is 104 Å². The van der Waals surface area contributed by atoms with Crippen molar-refractivity contribution in [3.63, 3.8) is 0 Å². The number of benzene rings is 1. The Morgan fingerprint density at radius 2 is 2.17 bits per heavy atom. The summed E-state index contributed by atoms with van der Waals surface area (Å²) in [6, 6.07) is 3.13. The lowest BCUT2D eigenvalue weighted by Gasteiger charge is -2.14. The van der Waals surface area contributed by atoms with Gasteiger partial charge in [-0.1, -0.05) is 0 Å². The van der Waals surface area contributed by atoms with E-state index in [4.69, 9.17) is 0 Å². The largest absolute Gasteiger partial charge is 0.320 e. The van der Waals surface area contributed by atoms with Crippen molar-refractivity contribution in [3.8, 4) is 0 Å². The third kappa shape index (κ3) is 2.70. The Bertz CT molecular complexity index is 539. The van der Waals surface area contributed by atoms with Crippen molar-refractivity contribution in [1.82, 2.24) is 20.1 Å². The third-order valence-electron chi connectivity index (χ3n) is 2.80. The second-order valence-corrected chi connectivity index (χ2v) is 4.13. The summed E-state index contributed by atoms with van der Waals surface area (Å²) >= 11 is 0. The number of nitrogens with one attached hydrogen (secondary N) is 1. The van der Waals surface area contributed by atoms with Gasteiger partial charge in [-0.05, 0) is 25.1 Å². The number of aromatic nitrogens is 3. The van der Waals surface area contributed by atoms with Crippen molar-refractivity contribution >= 4 is 0 Å². The maximum Gasteiger partial charge on any atom is 0.146 e. The monoisotopic (exact) mass is 252 g/mol. The number of hydrogen-bond acceptors (Lipinski definition) is 3. The van der Waals surface area contributed by atoms with Gasteiger partial charge in [0.1, 0.15) is 23.8 Å². The third-order valence-corrected chi connectivity index (χ3v) is 2.80. The van der Waals surface area contributed by atoms with Crippen LogP contribution < -0.4 is 5.32 Å². The first-order valence-corrected chi connectivity index (χ1v) is 5.59. The molecule has 1 aromatic carbocycles. The van der Waals surface area contributed by atoms with Crippen molar-refractivity contribution in [1.29, 1.82) is 0 Å². The van der Waals surface area contributed by atoms with Crippen molar-refractivity contribution in [2.24, 2.45) is 7.05 Å². The minimum atomic E-state index is -0.446. The minimum Gasteiger partial charge on any atom is -0.320 e. The van der Waals surface area contributed by atoms with E-state index in [9.17, 15) is 8.78 Å². The molecule has 4 nitrogen and oxygen atoms in total. The highest BCUT2D eigenvalue weighted by Gasteiger charge is 2.12. The van der Waals surface area contributed by atoms with Crippen molar-refractivity contribution in [3.05, 3.63) is 47.5 Å². The molecule has 0 aliphatic carbocycles. The molecule has 2 rings (SSSR count). The second kappa shape index (κ2) is 5.22. The van der Waals surface area contributed by atoms with E-state index in [0.29, 0.717) is 12.1 Å². The zero-order chi connectivity index (χ0) is 13.1. The zero-order valence-electron chi connectivity index (χ0n) is 10.2. The molecule has 0 radical (unpaired) electrons. The van der Waals surface area contributed by atoms with E-state index in [1.807, 2.05) is 7.05 Å². The molecule has 0 amide bonds. The van der Waals surface area contributed by atoms with Gasteiger partial charge >= 0.3 is 0 Å². The lowest BCUT2D eigenvalue weighted by atomic mass is 10.1. The number of aryl methyl sites for hydroxylation is 1. The Morgan fingerprint density at radius 1 is 1.39 bits per heavy atom. The molecule has 1 N–H and O–H groups in total. The zero-order valence-corrected chi connectivity index (χ0v) is 10.2. The van der Waals surface area contributed by atoms with Gasteiger partial charge in [-0.2, -0.15) is 0 Å². The molecule has 18 heavy (non-hydrogen) atoms. The molecule has 2 aromatic rings. The molecule has 6 heteroatoms. The van der Waals surface area contributed by atoms with Crippen molar-refractivity contribution in [2.75, 3.05) is 0 Å². The maximum atomic E-state index is 13.5. The van der Waals surface area contributed by atoms with Crippen LogP contribution in [0.15, 0.2) is 24.5 Å². The first-order valence-electron chi connectivity index (χ1n) is 5.59. The van der Waals surface area contributed by atoms with E-state index in [1.54, 1.807) is 17.8 Å². The predicted molar refractivity (Wildman–Crippen MR) is 62.6 cm³/mol. The van der Waals surface area contributed by atoms with Crippen LogP contribution in [0.4, 0.5) is 8.78 Å². The average Bonchev–Trinajstić information content (AvgIpc) is 2.75. The number of hydrogen-bond donors (Lipinski definition) is 1. The van der Waals surface area contributed by atoms with Crippen LogP contribution >= 0.6 is 0 Å². The van der Waals surface area contributed by atoms with Gasteiger partial charge in [0.05, 0.1) is 6.54 Å².